The third-order valence-electron chi connectivity index (χ3n) is 6.14. The summed E-state index contributed by atoms with van der Waals surface area (Å²) < 4.78 is 27.2. The third kappa shape index (κ3) is 4.42. The molecule has 184 valence electrons. The molecule has 37 heavy (non-hydrogen) atoms. The van der Waals surface area contributed by atoms with Crippen LogP contribution >= 0.6 is 0 Å². The van der Waals surface area contributed by atoms with Crippen LogP contribution in [0.4, 0.5) is 4.39 Å². The van der Waals surface area contributed by atoms with Gasteiger partial charge in [0.25, 0.3) is 11.5 Å². The highest BCUT2D eigenvalue weighted by molar-refractivity contribution is 5.99. The maximum absolute atomic E-state index is 13.4. The fourth-order valence-electron chi connectivity index (χ4n) is 4.29. The van der Waals surface area contributed by atoms with Crippen LogP contribution in [0.25, 0.3) is 16.9 Å². The standard InChI is InChI=1S/C28H21FN4O4/c29-20-9-6-18(7-10-20)14-32-15-22(27(34)30-13-19-8-11-24-25(12-19)37-17-36-24)26-23(16-32)28(35)33(31-26)21-4-2-1-3-5-21/h1-12,15-16H,13-14,17H2,(H,30,34). The van der Waals surface area contributed by atoms with Crippen LogP contribution < -0.4 is 20.3 Å². The monoisotopic (exact) mass is 496 g/mol. The normalized spacial score (nSPS) is 12.1. The van der Waals surface area contributed by atoms with Crippen molar-refractivity contribution in [2.45, 2.75) is 13.1 Å². The Kier molecular flexibility index (Phi) is 5.65. The maximum Gasteiger partial charge on any atom is 0.282 e. The van der Waals surface area contributed by atoms with E-state index in [1.807, 2.05) is 30.3 Å². The molecule has 0 saturated heterocycles. The Labute approximate surface area is 210 Å². The summed E-state index contributed by atoms with van der Waals surface area (Å²) in [5.41, 5.74) is 2.78. The molecule has 3 aromatic carbocycles. The van der Waals surface area contributed by atoms with Crippen LogP contribution in [0.5, 0.6) is 11.5 Å². The highest BCUT2D eigenvalue weighted by Crippen LogP contribution is 2.32. The molecule has 1 amide bonds. The van der Waals surface area contributed by atoms with E-state index < -0.39 is 0 Å². The number of ether oxygens (including phenoxy) is 2. The number of amides is 1. The van der Waals surface area contributed by atoms with E-state index in [-0.39, 0.29) is 36.2 Å². The van der Waals surface area contributed by atoms with Gasteiger partial charge < -0.3 is 19.4 Å². The van der Waals surface area contributed by atoms with Crippen molar-refractivity contribution < 1.29 is 18.7 Å². The summed E-state index contributed by atoms with van der Waals surface area (Å²) in [5, 5.41) is 7.43. The number of hydrogen-bond donors (Lipinski definition) is 1. The van der Waals surface area contributed by atoms with E-state index in [0.717, 1.165) is 11.1 Å². The highest BCUT2D eigenvalue weighted by atomic mass is 19.1. The second kappa shape index (κ2) is 9.27. The molecule has 9 heteroatoms. The van der Waals surface area contributed by atoms with Crippen LogP contribution in [0.2, 0.25) is 0 Å². The summed E-state index contributed by atoms with van der Waals surface area (Å²) >= 11 is 0. The van der Waals surface area contributed by atoms with Gasteiger partial charge in [0.15, 0.2) is 11.5 Å². The number of rotatable bonds is 6. The number of carbonyl (C=O) groups excluding carboxylic acids is 1. The lowest BCUT2D eigenvalue weighted by Crippen LogP contribution is -2.25. The fourth-order valence-corrected chi connectivity index (χ4v) is 4.29. The van der Waals surface area contributed by atoms with Crippen molar-refractivity contribution in [3.8, 4) is 28.4 Å². The Morgan fingerprint density at radius 1 is 0.946 bits per heavy atom. The molecule has 3 aliphatic rings. The molecule has 0 fully saturated rings. The summed E-state index contributed by atoms with van der Waals surface area (Å²) in [6.45, 7) is 0.755. The van der Waals surface area contributed by atoms with E-state index in [4.69, 9.17) is 9.47 Å². The van der Waals surface area contributed by atoms with Crippen LogP contribution in [0.3, 0.4) is 0 Å². The Balaban J connectivity index is 1.37. The first kappa shape index (κ1) is 22.5. The average Bonchev–Trinajstić information content (AvgIpc) is 3.53. The second-order valence-electron chi connectivity index (χ2n) is 8.66. The lowest BCUT2D eigenvalue weighted by Gasteiger charge is -2.13. The summed E-state index contributed by atoms with van der Waals surface area (Å²) in [5.74, 6) is 0.576. The van der Waals surface area contributed by atoms with Gasteiger partial charge >= 0.3 is 0 Å². The average molecular weight is 496 g/mol. The first-order valence-electron chi connectivity index (χ1n) is 11.6. The van der Waals surface area contributed by atoms with Gasteiger partial charge in [0.2, 0.25) is 6.79 Å². The molecule has 0 aliphatic carbocycles. The Bertz CT molecular complexity index is 1630. The highest BCUT2D eigenvalue weighted by Gasteiger charge is 2.24. The maximum atomic E-state index is 13.4. The first-order valence-corrected chi connectivity index (χ1v) is 11.6. The molecule has 3 aliphatic heterocycles. The van der Waals surface area contributed by atoms with Crippen LogP contribution in [0, 0.1) is 5.82 Å². The molecule has 0 bridgehead atoms. The van der Waals surface area contributed by atoms with Crippen LogP contribution in [0.1, 0.15) is 21.5 Å². The van der Waals surface area contributed by atoms with Crippen molar-refractivity contribution in [3.05, 3.63) is 118 Å². The van der Waals surface area contributed by atoms with Crippen molar-refractivity contribution in [2.75, 3.05) is 6.79 Å². The predicted molar refractivity (Wildman–Crippen MR) is 134 cm³/mol. The molecule has 0 saturated carbocycles. The van der Waals surface area contributed by atoms with Gasteiger partial charge in [-0.15, -0.1) is 0 Å². The fraction of sp³-hybridized carbons (Fsp3) is 0.107. The zero-order valence-electron chi connectivity index (χ0n) is 19.6. The lowest BCUT2D eigenvalue weighted by molar-refractivity contribution is 0.0950. The van der Waals surface area contributed by atoms with Gasteiger partial charge in [-0.05, 0) is 47.5 Å². The quantitative estimate of drug-likeness (QED) is 0.384. The van der Waals surface area contributed by atoms with Crippen LogP contribution in [0.15, 0.2) is 90.0 Å². The van der Waals surface area contributed by atoms with Crippen LogP contribution in [-0.2, 0) is 13.1 Å². The van der Waals surface area contributed by atoms with E-state index >= 15 is 0 Å². The van der Waals surface area contributed by atoms with Gasteiger partial charge in [0.1, 0.15) is 11.5 Å². The number of pyridine rings is 1. The van der Waals surface area contributed by atoms with Gasteiger partial charge in [0.05, 0.1) is 16.8 Å². The van der Waals surface area contributed by atoms with Crippen molar-refractivity contribution in [3.63, 3.8) is 0 Å². The predicted octanol–water partition coefficient (Wildman–Crippen LogP) is 3.98. The Morgan fingerprint density at radius 2 is 1.70 bits per heavy atom. The SMILES string of the molecule is O=C(NCc1ccc2c(c1)OCO2)c1cn(Cc2ccc(F)cc2)cc2c(=O)n(-c3ccccc3)nc1-2. The molecule has 8 nitrogen and oxygen atoms in total. The zero-order chi connectivity index (χ0) is 25.4. The Morgan fingerprint density at radius 3 is 2.51 bits per heavy atom. The number of para-hydroxylation sites is 1. The molecule has 3 aromatic rings. The van der Waals surface area contributed by atoms with Crippen molar-refractivity contribution >= 4 is 5.91 Å². The Hall–Kier alpha value is -4.92. The van der Waals surface area contributed by atoms with E-state index in [1.165, 1.54) is 16.8 Å². The lowest BCUT2D eigenvalue weighted by atomic mass is 10.1. The smallest absolute Gasteiger partial charge is 0.282 e. The van der Waals surface area contributed by atoms with E-state index in [2.05, 4.69) is 10.4 Å². The summed E-state index contributed by atoms with van der Waals surface area (Å²) in [7, 11) is 0. The number of aromatic nitrogens is 3. The van der Waals surface area contributed by atoms with E-state index in [0.29, 0.717) is 35.0 Å². The number of nitrogens with one attached hydrogen (secondary N) is 1. The number of nitrogens with zero attached hydrogens (tertiary/aromatic N) is 3. The van der Waals surface area contributed by atoms with Gasteiger partial charge in [-0.3, -0.25) is 9.59 Å². The minimum atomic E-state index is -0.381. The van der Waals surface area contributed by atoms with Gasteiger partial charge in [0, 0.05) is 25.5 Å². The molecule has 0 atom stereocenters. The summed E-state index contributed by atoms with van der Waals surface area (Å²) in [6.07, 6.45) is 3.32. The molecule has 3 heterocycles. The second-order valence-corrected chi connectivity index (χ2v) is 8.66. The molecule has 0 spiro atoms. The number of benzene rings is 3. The topological polar surface area (TPSA) is 87.4 Å². The van der Waals surface area contributed by atoms with Crippen molar-refractivity contribution in [1.29, 1.82) is 0 Å². The molecule has 6 rings (SSSR count). The van der Waals surface area contributed by atoms with Gasteiger partial charge in [-0.2, -0.15) is 9.78 Å². The zero-order valence-corrected chi connectivity index (χ0v) is 19.6. The van der Waals surface area contributed by atoms with Crippen molar-refractivity contribution in [1.82, 2.24) is 19.7 Å². The van der Waals surface area contributed by atoms with Gasteiger partial charge in [-0.1, -0.05) is 36.4 Å². The number of halogens is 1. The van der Waals surface area contributed by atoms with E-state index in [9.17, 15) is 14.0 Å². The summed E-state index contributed by atoms with van der Waals surface area (Å²) in [4.78, 5) is 26.7. The van der Waals surface area contributed by atoms with Gasteiger partial charge in [-0.25, -0.2) is 4.39 Å². The number of fused-ring (bicyclic) bond motifs is 2. The largest absolute Gasteiger partial charge is 0.454 e. The van der Waals surface area contributed by atoms with Crippen molar-refractivity contribution in [2.24, 2.45) is 0 Å². The summed E-state index contributed by atoms with van der Waals surface area (Å²) in [6, 6.07) is 20.6. The molecular weight excluding hydrogens is 475 g/mol. The number of hydrogen-bond acceptors (Lipinski definition) is 5. The molecular formula is C28H21FN4O4. The molecule has 1 N–H and O–H groups in total. The first-order chi connectivity index (χ1) is 18.0. The molecule has 0 unspecified atom stereocenters. The number of carbonyl (C=O) groups is 1. The van der Waals surface area contributed by atoms with Crippen LogP contribution in [-0.4, -0.2) is 27.0 Å². The minimum Gasteiger partial charge on any atom is -0.454 e. The molecule has 0 aromatic heterocycles. The molecule has 0 radical (unpaired) electrons. The minimum absolute atomic E-state index is 0.169. The third-order valence-corrected chi connectivity index (χ3v) is 6.14. The van der Waals surface area contributed by atoms with E-state index in [1.54, 1.807) is 47.3 Å².